The summed E-state index contributed by atoms with van der Waals surface area (Å²) in [4.78, 5) is 0. The van der Waals surface area contributed by atoms with Crippen molar-refractivity contribution in [1.82, 2.24) is 0 Å². The van der Waals surface area contributed by atoms with Crippen molar-refractivity contribution in [2.75, 3.05) is 0 Å². The molecule has 36 heavy (non-hydrogen) atoms. The summed E-state index contributed by atoms with van der Waals surface area (Å²) in [6.07, 6.45) is -0.497. The lowest BCUT2D eigenvalue weighted by Gasteiger charge is -2.13. The molecule has 0 amide bonds. The highest BCUT2D eigenvalue weighted by Gasteiger charge is 2.38. The fourth-order valence-electron chi connectivity index (χ4n) is 4.12. The monoisotopic (exact) mass is 506 g/mol. The maximum Gasteiger partial charge on any atom is 0.422 e. The minimum atomic E-state index is -5.22. The number of allylic oxidation sites excluding steroid dienone is 2. The minimum absolute atomic E-state index is 0.0565. The largest absolute Gasteiger partial charge is 0.422 e. The highest BCUT2D eigenvalue weighted by molar-refractivity contribution is 5.89. The van der Waals surface area contributed by atoms with Crippen LogP contribution >= 0.6 is 0 Å². The van der Waals surface area contributed by atoms with Crippen molar-refractivity contribution in [3.8, 4) is 22.3 Å². The number of halogens is 8. The van der Waals surface area contributed by atoms with E-state index >= 15 is 0 Å². The van der Waals surface area contributed by atoms with E-state index in [0.717, 1.165) is 18.2 Å². The lowest BCUT2D eigenvalue weighted by atomic mass is 9.95. The maximum atomic E-state index is 15.0. The van der Waals surface area contributed by atoms with E-state index in [9.17, 15) is 35.1 Å². The Morgan fingerprint density at radius 3 is 2.00 bits per heavy atom. The van der Waals surface area contributed by atoms with Crippen molar-refractivity contribution in [3.05, 3.63) is 107 Å². The first kappa shape index (κ1) is 25.4. The first-order valence-electron chi connectivity index (χ1n) is 10.9. The number of aryl methyl sites for hydroxylation is 1. The minimum Gasteiger partial charge on any atom is -0.206 e. The molecule has 0 bridgehead atoms. The molecule has 0 atom stereocenters. The van der Waals surface area contributed by atoms with Crippen LogP contribution in [0.15, 0.2) is 66.7 Å². The van der Waals surface area contributed by atoms with Crippen molar-refractivity contribution in [1.29, 1.82) is 0 Å². The molecule has 8 heteroatoms. The lowest BCUT2D eigenvalue weighted by Crippen LogP contribution is -2.11. The van der Waals surface area contributed by atoms with Crippen molar-refractivity contribution in [2.24, 2.45) is 0 Å². The smallest absolute Gasteiger partial charge is 0.206 e. The summed E-state index contributed by atoms with van der Waals surface area (Å²) in [5.41, 5.74) is -1.96. The Hall–Kier alpha value is -3.68. The molecule has 0 saturated heterocycles. The van der Waals surface area contributed by atoms with Gasteiger partial charge in [0, 0.05) is 10.9 Å². The van der Waals surface area contributed by atoms with Crippen LogP contribution in [-0.2, 0) is 12.6 Å². The number of rotatable bonds is 5. The third kappa shape index (κ3) is 4.85. The second kappa shape index (κ2) is 9.76. The van der Waals surface area contributed by atoms with Gasteiger partial charge in [-0.3, -0.25) is 0 Å². The number of fused-ring (bicyclic) bond motifs is 1. The van der Waals surface area contributed by atoms with Gasteiger partial charge in [-0.05, 0) is 72.2 Å². The molecule has 0 nitrogen and oxygen atoms in total. The Morgan fingerprint density at radius 1 is 0.722 bits per heavy atom. The van der Waals surface area contributed by atoms with Crippen LogP contribution in [0.3, 0.4) is 0 Å². The van der Waals surface area contributed by atoms with Crippen LogP contribution < -0.4 is 0 Å². The predicted octanol–water partition coefficient (Wildman–Crippen LogP) is 9.40. The van der Waals surface area contributed by atoms with E-state index in [4.69, 9.17) is 0 Å². The average Bonchev–Trinajstić information content (AvgIpc) is 2.77. The first-order chi connectivity index (χ1) is 17.0. The van der Waals surface area contributed by atoms with Crippen LogP contribution in [0.2, 0.25) is 0 Å². The van der Waals surface area contributed by atoms with Crippen molar-refractivity contribution in [2.45, 2.75) is 25.9 Å². The van der Waals surface area contributed by atoms with Gasteiger partial charge in [0.2, 0.25) is 0 Å². The molecule has 0 aliphatic rings. The summed E-state index contributed by atoms with van der Waals surface area (Å²) < 4.78 is 112. The van der Waals surface area contributed by atoms with Gasteiger partial charge in [-0.25, -0.2) is 22.0 Å². The highest BCUT2D eigenvalue weighted by Crippen LogP contribution is 2.38. The molecule has 0 radical (unpaired) electrons. The van der Waals surface area contributed by atoms with Crippen molar-refractivity contribution >= 4 is 10.8 Å². The molecule has 0 N–H and O–H groups in total. The van der Waals surface area contributed by atoms with E-state index in [1.807, 2.05) is 19.1 Å². The van der Waals surface area contributed by atoms with Crippen LogP contribution in [0.25, 0.3) is 33.0 Å². The molecule has 4 aromatic rings. The summed E-state index contributed by atoms with van der Waals surface area (Å²) in [5, 5.41) is -0.687. The molecule has 0 aliphatic carbocycles. The molecule has 0 aliphatic heterocycles. The third-order valence-corrected chi connectivity index (χ3v) is 5.82. The Morgan fingerprint density at radius 2 is 1.39 bits per heavy atom. The van der Waals surface area contributed by atoms with E-state index in [0.29, 0.717) is 24.5 Å². The molecular weight excluding hydrogens is 488 g/mol. The van der Waals surface area contributed by atoms with Crippen LogP contribution in [-0.4, -0.2) is 0 Å². The zero-order valence-corrected chi connectivity index (χ0v) is 18.8. The van der Waals surface area contributed by atoms with Crippen LogP contribution in [0.1, 0.15) is 24.5 Å². The number of alkyl halides is 3. The van der Waals surface area contributed by atoms with E-state index in [-0.39, 0.29) is 22.1 Å². The van der Waals surface area contributed by atoms with Gasteiger partial charge < -0.3 is 0 Å². The van der Waals surface area contributed by atoms with E-state index in [2.05, 4.69) is 0 Å². The normalized spacial score (nSPS) is 12.1. The molecule has 0 saturated carbocycles. The van der Waals surface area contributed by atoms with Gasteiger partial charge in [0.05, 0.1) is 5.56 Å². The average molecular weight is 506 g/mol. The molecule has 0 heterocycles. The molecule has 0 fully saturated rings. The standard InChI is InChI=1S/C28H18F8/c1-2-3-4-5-15-10-22(30)25(23(31)11-15)17-7-8-19(21(29)13-17)16-6-9-20-18(12-16)14-24(32)26(27(20)33)28(34,35)36/h2-3,6-14H,4-5H2,1H3/b3-2+. The summed E-state index contributed by atoms with van der Waals surface area (Å²) >= 11 is 0. The fourth-order valence-corrected chi connectivity index (χ4v) is 4.12. The Kier molecular flexibility index (Phi) is 6.89. The molecular formula is C28H18F8. The van der Waals surface area contributed by atoms with Crippen molar-refractivity contribution in [3.63, 3.8) is 0 Å². The number of hydrogen-bond donors (Lipinski definition) is 0. The highest BCUT2D eigenvalue weighted by atomic mass is 19.4. The first-order valence-corrected chi connectivity index (χ1v) is 10.9. The number of benzene rings is 4. The summed E-state index contributed by atoms with van der Waals surface area (Å²) in [5.74, 6) is -6.14. The van der Waals surface area contributed by atoms with Gasteiger partial charge in [0.15, 0.2) is 0 Å². The Balaban J connectivity index is 1.72. The predicted molar refractivity (Wildman–Crippen MR) is 123 cm³/mol. The second-order valence-corrected chi connectivity index (χ2v) is 8.22. The van der Waals surface area contributed by atoms with Crippen LogP contribution in [0.5, 0.6) is 0 Å². The summed E-state index contributed by atoms with van der Waals surface area (Å²) in [6, 6.07) is 9.67. The van der Waals surface area contributed by atoms with Gasteiger partial charge in [-0.2, -0.15) is 13.2 Å². The zero-order valence-electron chi connectivity index (χ0n) is 18.8. The van der Waals surface area contributed by atoms with Gasteiger partial charge in [0.25, 0.3) is 0 Å². The molecule has 0 spiro atoms. The van der Waals surface area contributed by atoms with Gasteiger partial charge in [0.1, 0.15) is 34.6 Å². The molecule has 186 valence electrons. The van der Waals surface area contributed by atoms with Gasteiger partial charge >= 0.3 is 6.18 Å². The van der Waals surface area contributed by atoms with Crippen molar-refractivity contribution < 1.29 is 35.1 Å². The van der Waals surface area contributed by atoms with Gasteiger partial charge in [-0.1, -0.05) is 36.4 Å². The molecule has 0 unspecified atom stereocenters. The van der Waals surface area contributed by atoms with E-state index in [1.165, 1.54) is 30.3 Å². The second-order valence-electron chi connectivity index (χ2n) is 8.22. The maximum absolute atomic E-state index is 15.0. The van der Waals surface area contributed by atoms with Gasteiger partial charge in [-0.15, -0.1) is 0 Å². The summed E-state index contributed by atoms with van der Waals surface area (Å²) in [7, 11) is 0. The Labute approximate surface area is 201 Å². The SMILES string of the molecule is C/C=C/CCc1cc(F)c(-c2ccc(-c3ccc4c(F)c(C(F)(F)F)c(F)cc4c3)c(F)c2)c(F)c1. The summed E-state index contributed by atoms with van der Waals surface area (Å²) in [6.45, 7) is 1.83. The van der Waals surface area contributed by atoms with Crippen LogP contribution in [0, 0.1) is 29.1 Å². The Bertz CT molecular complexity index is 1460. The van der Waals surface area contributed by atoms with E-state index < -0.39 is 51.8 Å². The lowest BCUT2D eigenvalue weighted by molar-refractivity contribution is -0.142. The molecule has 4 rings (SSSR count). The topological polar surface area (TPSA) is 0 Å². The molecule has 0 aromatic heterocycles. The molecule has 4 aromatic carbocycles. The number of hydrogen-bond acceptors (Lipinski definition) is 0. The van der Waals surface area contributed by atoms with Crippen LogP contribution in [0.4, 0.5) is 35.1 Å². The fraction of sp³-hybridized carbons (Fsp3) is 0.143. The zero-order chi connectivity index (χ0) is 26.2. The third-order valence-electron chi connectivity index (χ3n) is 5.82. The quantitative estimate of drug-likeness (QED) is 0.187. The van der Waals surface area contributed by atoms with E-state index in [1.54, 1.807) is 0 Å².